The first-order valence-corrected chi connectivity index (χ1v) is 9.86. The molecule has 150 valence electrons. The fraction of sp³-hybridized carbons (Fsp3) is 0.550. The Morgan fingerprint density at radius 3 is 2.57 bits per heavy atom. The number of piperazine rings is 1. The van der Waals surface area contributed by atoms with E-state index >= 15 is 0 Å². The predicted molar refractivity (Wildman–Crippen MR) is 104 cm³/mol. The van der Waals surface area contributed by atoms with Crippen LogP contribution in [0, 0.1) is 0 Å². The van der Waals surface area contributed by atoms with Crippen LogP contribution in [-0.2, 0) is 11.3 Å². The molecule has 1 aromatic carbocycles. The molecular weight excluding hydrogens is 358 g/mol. The van der Waals surface area contributed by atoms with Crippen molar-refractivity contribution in [3.8, 4) is 17.2 Å². The molecule has 1 unspecified atom stereocenters. The third kappa shape index (κ3) is 4.51. The number of hydrogen-bond donors (Lipinski definition) is 1. The van der Waals surface area contributed by atoms with Crippen LogP contribution in [-0.4, -0.2) is 71.3 Å². The lowest BCUT2D eigenvalue weighted by Gasteiger charge is -2.36. The molecule has 1 saturated carbocycles. The van der Waals surface area contributed by atoms with Crippen LogP contribution in [0.5, 0.6) is 5.75 Å². The van der Waals surface area contributed by atoms with Crippen LogP contribution >= 0.6 is 0 Å². The maximum atomic E-state index is 12.2. The second-order valence-electron chi connectivity index (χ2n) is 7.50. The zero-order chi connectivity index (χ0) is 19.5. The summed E-state index contributed by atoms with van der Waals surface area (Å²) < 4.78 is 11.0. The Bertz CT molecular complexity index is 794. The summed E-state index contributed by atoms with van der Waals surface area (Å²) in [4.78, 5) is 16.8. The maximum Gasteiger partial charge on any atom is 0.247 e. The Hall–Kier alpha value is -2.45. The monoisotopic (exact) mass is 385 g/mol. The molecule has 2 aromatic rings. The molecule has 1 amide bonds. The molecule has 0 bridgehead atoms. The van der Waals surface area contributed by atoms with Gasteiger partial charge < -0.3 is 14.5 Å². The van der Waals surface area contributed by atoms with E-state index in [1.807, 2.05) is 31.2 Å². The van der Waals surface area contributed by atoms with E-state index in [0.717, 1.165) is 50.3 Å². The second-order valence-corrected chi connectivity index (χ2v) is 7.50. The molecule has 0 radical (unpaired) electrons. The Morgan fingerprint density at radius 1 is 1.21 bits per heavy atom. The molecule has 0 spiro atoms. The average molecular weight is 385 g/mol. The summed E-state index contributed by atoms with van der Waals surface area (Å²) in [6, 6.07) is 7.89. The number of hydrogen-bond acceptors (Lipinski definition) is 7. The van der Waals surface area contributed by atoms with Gasteiger partial charge in [-0.3, -0.25) is 14.6 Å². The molecule has 2 heterocycles. The summed E-state index contributed by atoms with van der Waals surface area (Å²) in [6.07, 6.45) is 2.24. The first-order valence-electron chi connectivity index (χ1n) is 9.86. The summed E-state index contributed by atoms with van der Waals surface area (Å²) in [5.74, 6) is 2.07. The molecule has 1 saturated heterocycles. The van der Waals surface area contributed by atoms with E-state index in [0.29, 0.717) is 24.4 Å². The van der Waals surface area contributed by atoms with Gasteiger partial charge in [0, 0.05) is 37.8 Å². The van der Waals surface area contributed by atoms with Crippen LogP contribution in [0.1, 0.15) is 25.7 Å². The van der Waals surface area contributed by atoms with Crippen molar-refractivity contribution in [2.45, 2.75) is 38.4 Å². The molecule has 8 nitrogen and oxygen atoms in total. The highest BCUT2D eigenvalue weighted by Crippen LogP contribution is 2.22. The molecule has 8 heteroatoms. The van der Waals surface area contributed by atoms with Crippen molar-refractivity contribution in [3.63, 3.8) is 0 Å². The predicted octanol–water partition coefficient (Wildman–Crippen LogP) is 1.53. The zero-order valence-electron chi connectivity index (χ0n) is 16.4. The van der Waals surface area contributed by atoms with Gasteiger partial charge in [0.05, 0.1) is 19.7 Å². The van der Waals surface area contributed by atoms with E-state index in [2.05, 4.69) is 25.3 Å². The standard InChI is InChI=1S/C20H27N5O3/c1-14(19(26)21-16-5-6-16)25-11-9-24(10-12-25)13-18-22-23-20(28-18)15-3-7-17(27-2)8-4-15/h3-4,7-8,14,16H,5-6,9-13H2,1-2H3,(H,21,26). The Morgan fingerprint density at radius 2 is 1.93 bits per heavy atom. The number of amides is 1. The fourth-order valence-corrected chi connectivity index (χ4v) is 3.38. The van der Waals surface area contributed by atoms with Crippen LogP contribution < -0.4 is 10.1 Å². The van der Waals surface area contributed by atoms with Crippen molar-refractivity contribution in [2.75, 3.05) is 33.3 Å². The largest absolute Gasteiger partial charge is 0.497 e. The van der Waals surface area contributed by atoms with Crippen molar-refractivity contribution < 1.29 is 13.9 Å². The summed E-state index contributed by atoms with van der Waals surface area (Å²) in [5, 5.41) is 11.4. The number of carbonyl (C=O) groups is 1. The smallest absolute Gasteiger partial charge is 0.247 e. The minimum atomic E-state index is -0.0761. The van der Waals surface area contributed by atoms with Gasteiger partial charge in [-0.1, -0.05) is 0 Å². The van der Waals surface area contributed by atoms with Gasteiger partial charge in [-0.25, -0.2) is 0 Å². The summed E-state index contributed by atoms with van der Waals surface area (Å²) in [7, 11) is 1.64. The number of carbonyl (C=O) groups excluding carboxylic acids is 1. The third-order valence-electron chi connectivity index (χ3n) is 5.42. The van der Waals surface area contributed by atoms with Gasteiger partial charge in [0.1, 0.15) is 5.75 Å². The summed E-state index contributed by atoms with van der Waals surface area (Å²) >= 11 is 0. The van der Waals surface area contributed by atoms with Gasteiger partial charge in [0.15, 0.2) is 0 Å². The Balaban J connectivity index is 1.27. The molecule has 28 heavy (non-hydrogen) atoms. The Labute approximate surface area is 164 Å². The van der Waals surface area contributed by atoms with Gasteiger partial charge in [-0.2, -0.15) is 0 Å². The first-order chi connectivity index (χ1) is 13.6. The van der Waals surface area contributed by atoms with E-state index in [1.54, 1.807) is 7.11 Å². The average Bonchev–Trinajstić information content (AvgIpc) is 3.43. The maximum absolute atomic E-state index is 12.2. The number of rotatable bonds is 7. The molecule has 1 atom stereocenters. The van der Waals surface area contributed by atoms with Crippen molar-refractivity contribution in [1.82, 2.24) is 25.3 Å². The van der Waals surface area contributed by atoms with Crippen molar-refractivity contribution >= 4 is 5.91 Å². The van der Waals surface area contributed by atoms with E-state index < -0.39 is 0 Å². The first kappa shape index (κ1) is 18.9. The van der Waals surface area contributed by atoms with Crippen LogP contribution in [0.15, 0.2) is 28.7 Å². The lowest BCUT2D eigenvalue weighted by Crippen LogP contribution is -2.53. The van der Waals surface area contributed by atoms with Crippen LogP contribution in [0.4, 0.5) is 0 Å². The highest BCUT2D eigenvalue weighted by molar-refractivity contribution is 5.81. The van der Waals surface area contributed by atoms with Gasteiger partial charge in [0.2, 0.25) is 17.7 Å². The molecule has 1 aliphatic carbocycles. The van der Waals surface area contributed by atoms with E-state index in [1.165, 1.54) is 0 Å². The molecule has 4 rings (SSSR count). The fourth-order valence-electron chi connectivity index (χ4n) is 3.38. The van der Waals surface area contributed by atoms with Gasteiger partial charge in [-0.15, -0.1) is 10.2 Å². The molecule has 2 fully saturated rings. The number of aromatic nitrogens is 2. The lowest BCUT2D eigenvalue weighted by molar-refractivity contribution is -0.126. The third-order valence-corrected chi connectivity index (χ3v) is 5.42. The molecular formula is C20H27N5O3. The number of methoxy groups -OCH3 is 1. The highest BCUT2D eigenvalue weighted by Gasteiger charge is 2.30. The number of benzene rings is 1. The summed E-state index contributed by atoms with van der Waals surface area (Å²) in [5.41, 5.74) is 0.875. The summed E-state index contributed by atoms with van der Waals surface area (Å²) in [6.45, 7) is 6.09. The highest BCUT2D eigenvalue weighted by atomic mass is 16.5. The minimum absolute atomic E-state index is 0.0761. The molecule has 1 N–H and O–H groups in total. The molecule has 2 aliphatic rings. The van der Waals surface area contributed by atoms with E-state index in [4.69, 9.17) is 9.15 Å². The van der Waals surface area contributed by atoms with Crippen LogP contribution in [0.2, 0.25) is 0 Å². The van der Waals surface area contributed by atoms with E-state index in [-0.39, 0.29) is 11.9 Å². The van der Waals surface area contributed by atoms with Gasteiger partial charge in [0.25, 0.3) is 0 Å². The second kappa shape index (κ2) is 8.28. The zero-order valence-corrected chi connectivity index (χ0v) is 16.4. The minimum Gasteiger partial charge on any atom is -0.497 e. The topological polar surface area (TPSA) is 83.7 Å². The number of ether oxygens (including phenoxy) is 1. The van der Waals surface area contributed by atoms with Crippen molar-refractivity contribution in [2.24, 2.45) is 0 Å². The number of nitrogens with one attached hydrogen (secondary N) is 1. The SMILES string of the molecule is COc1ccc(-c2nnc(CN3CCN(C(C)C(=O)NC4CC4)CC3)o2)cc1. The number of nitrogens with zero attached hydrogens (tertiary/aromatic N) is 4. The normalized spacial score (nSPS) is 19.4. The Kier molecular flexibility index (Phi) is 5.59. The molecule has 1 aliphatic heterocycles. The molecule has 1 aromatic heterocycles. The lowest BCUT2D eigenvalue weighted by atomic mass is 10.2. The van der Waals surface area contributed by atoms with Crippen molar-refractivity contribution in [1.29, 1.82) is 0 Å². The van der Waals surface area contributed by atoms with Gasteiger partial charge >= 0.3 is 0 Å². The quantitative estimate of drug-likeness (QED) is 0.774. The van der Waals surface area contributed by atoms with Crippen LogP contribution in [0.25, 0.3) is 11.5 Å². The van der Waals surface area contributed by atoms with Crippen LogP contribution in [0.3, 0.4) is 0 Å². The van der Waals surface area contributed by atoms with Crippen molar-refractivity contribution in [3.05, 3.63) is 30.2 Å². The van der Waals surface area contributed by atoms with Gasteiger partial charge in [-0.05, 0) is 44.0 Å². The van der Waals surface area contributed by atoms with E-state index in [9.17, 15) is 4.79 Å².